The van der Waals surface area contributed by atoms with E-state index >= 15 is 0 Å². The van der Waals surface area contributed by atoms with Gasteiger partial charge in [-0.25, -0.2) is 0 Å². The molecule has 114 valence electrons. The molecule has 0 atom stereocenters. The fourth-order valence-electron chi connectivity index (χ4n) is 2.30. The first-order chi connectivity index (χ1) is 9.89. The van der Waals surface area contributed by atoms with Crippen LogP contribution < -0.4 is 9.50 Å². The Bertz CT molecular complexity index is 662. The van der Waals surface area contributed by atoms with Gasteiger partial charge in [0.25, 0.3) is 0 Å². The van der Waals surface area contributed by atoms with Gasteiger partial charge < -0.3 is 9.50 Å². The van der Waals surface area contributed by atoms with Crippen molar-refractivity contribution in [1.29, 1.82) is 0 Å². The van der Waals surface area contributed by atoms with E-state index in [9.17, 15) is 12.3 Å². The molecule has 2 rings (SSSR count). The first kappa shape index (κ1) is 15.8. The summed E-state index contributed by atoms with van der Waals surface area (Å²) < 4.78 is 38.5. The average Bonchev–Trinajstić information content (AvgIpc) is 2.42. The number of halogens is 1. The fraction of sp³-hybridized carbons (Fsp3) is 0.429. The number of nitrogens with zero attached hydrogens (tertiary/aromatic N) is 1. The van der Waals surface area contributed by atoms with E-state index in [0.29, 0.717) is 17.7 Å². The van der Waals surface area contributed by atoms with Crippen LogP contribution in [0, 0.1) is 19.3 Å². The lowest BCUT2D eigenvalue weighted by Gasteiger charge is -2.28. The van der Waals surface area contributed by atoms with Crippen molar-refractivity contribution in [1.82, 2.24) is 10.2 Å². The van der Waals surface area contributed by atoms with Crippen molar-refractivity contribution < 1.29 is 16.5 Å². The van der Waals surface area contributed by atoms with Crippen molar-refractivity contribution in [2.75, 3.05) is 26.2 Å². The molecular formula is C14H17FN2O3S. The first-order valence-corrected chi connectivity index (χ1v) is 7.87. The lowest BCUT2D eigenvalue weighted by molar-refractivity contribution is 0.232. The number of terminal acetylenes is 1. The molecule has 0 saturated carbocycles. The second kappa shape index (κ2) is 6.43. The van der Waals surface area contributed by atoms with E-state index in [0.717, 1.165) is 31.7 Å². The molecule has 0 radical (unpaired) electrons. The summed E-state index contributed by atoms with van der Waals surface area (Å²) in [6.07, 6.45) is 5.36. The molecule has 1 saturated heterocycles. The number of nitrogens with one attached hydrogen (secondary N) is 1. The summed E-state index contributed by atoms with van der Waals surface area (Å²) in [4.78, 5) is 2.22. The molecule has 0 bridgehead atoms. The maximum absolute atomic E-state index is 12.8. The van der Waals surface area contributed by atoms with Crippen LogP contribution in [0.2, 0.25) is 0 Å². The van der Waals surface area contributed by atoms with E-state index < -0.39 is 10.5 Å². The molecule has 0 amide bonds. The fourth-order valence-corrected chi connectivity index (χ4v) is 2.68. The highest BCUT2D eigenvalue weighted by Crippen LogP contribution is 2.26. The number of rotatable bonds is 4. The minimum Gasteiger partial charge on any atom is -0.358 e. The van der Waals surface area contributed by atoms with Crippen molar-refractivity contribution in [2.24, 2.45) is 0 Å². The molecule has 0 aliphatic carbocycles. The van der Waals surface area contributed by atoms with Crippen LogP contribution in [0.15, 0.2) is 12.1 Å². The van der Waals surface area contributed by atoms with E-state index in [-0.39, 0.29) is 5.75 Å². The van der Waals surface area contributed by atoms with Gasteiger partial charge in [0, 0.05) is 38.3 Å². The Morgan fingerprint density at radius 3 is 2.67 bits per heavy atom. The SMILES string of the molecule is C#Cc1cc(CN2CCNCC2)c(C)c(OS(=O)(=O)F)c1. The van der Waals surface area contributed by atoms with Gasteiger partial charge in [-0.1, -0.05) is 9.81 Å². The van der Waals surface area contributed by atoms with Crippen LogP contribution in [0.5, 0.6) is 5.75 Å². The van der Waals surface area contributed by atoms with E-state index in [1.165, 1.54) is 6.07 Å². The third kappa shape index (κ3) is 4.43. The minimum absolute atomic E-state index is 0.0573. The topological polar surface area (TPSA) is 58.6 Å². The summed E-state index contributed by atoms with van der Waals surface area (Å²) >= 11 is 0. The molecule has 1 fully saturated rings. The smallest absolute Gasteiger partial charge is 0.358 e. The zero-order valence-electron chi connectivity index (χ0n) is 11.7. The average molecular weight is 312 g/mol. The van der Waals surface area contributed by atoms with Crippen LogP contribution in [-0.4, -0.2) is 39.5 Å². The van der Waals surface area contributed by atoms with Crippen molar-refractivity contribution in [3.63, 3.8) is 0 Å². The first-order valence-electron chi connectivity index (χ1n) is 6.56. The number of hydrogen-bond acceptors (Lipinski definition) is 5. The highest BCUT2D eigenvalue weighted by Gasteiger charge is 2.17. The van der Waals surface area contributed by atoms with Crippen LogP contribution in [-0.2, 0) is 17.0 Å². The third-order valence-electron chi connectivity index (χ3n) is 3.43. The Labute approximate surface area is 124 Å². The summed E-state index contributed by atoms with van der Waals surface area (Å²) in [6, 6.07) is 3.16. The largest absolute Gasteiger partial charge is 0.488 e. The molecule has 1 N–H and O–H groups in total. The van der Waals surface area contributed by atoms with Gasteiger partial charge in [-0.15, -0.1) is 6.42 Å². The Balaban J connectivity index is 2.31. The zero-order chi connectivity index (χ0) is 15.5. The predicted molar refractivity (Wildman–Crippen MR) is 77.9 cm³/mol. The molecule has 0 aromatic heterocycles. The quantitative estimate of drug-likeness (QED) is 0.663. The minimum atomic E-state index is -5.07. The normalized spacial score (nSPS) is 16.4. The Morgan fingerprint density at radius 1 is 1.43 bits per heavy atom. The zero-order valence-corrected chi connectivity index (χ0v) is 12.5. The molecule has 0 unspecified atom stereocenters. The van der Waals surface area contributed by atoms with Crippen molar-refractivity contribution in [2.45, 2.75) is 13.5 Å². The Kier molecular flexibility index (Phi) is 4.83. The van der Waals surface area contributed by atoms with Crippen molar-refractivity contribution in [3.05, 3.63) is 28.8 Å². The monoisotopic (exact) mass is 312 g/mol. The third-order valence-corrected chi connectivity index (χ3v) is 3.81. The number of hydrogen-bond donors (Lipinski definition) is 1. The van der Waals surface area contributed by atoms with E-state index in [1.807, 2.05) is 0 Å². The molecule has 1 heterocycles. The van der Waals surface area contributed by atoms with Gasteiger partial charge in [0.2, 0.25) is 0 Å². The Hall–Kier alpha value is -1.62. The van der Waals surface area contributed by atoms with Gasteiger partial charge >= 0.3 is 10.5 Å². The van der Waals surface area contributed by atoms with Gasteiger partial charge in [0.05, 0.1) is 0 Å². The van der Waals surface area contributed by atoms with Crippen LogP contribution in [0.1, 0.15) is 16.7 Å². The van der Waals surface area contributed by atoms with Crippen molar-refractivity contribution >= 4 is 10.5 Å². The van der Waals surface area contributed by atoms with Gasteiger partial charge in [0.1, 0.15) is 5.75 Å². The second-order valence-electron chi connectivity index (χ2n) is 4.91. The molecule has 1 aromatic rings. The van der Waals surface area contributed by atoms with E-state index in [1.54, 1.807) is 13.0 Å². The molecule has 1 aromatic carbocycles. The summed E-state index contributed by atoms with van der Waals surface area (Å²) in [6.45, 7) is 5.88. The highest BCUT2D eigenvalue weighted by molar-refractivity contribution is 7.81. The van der Waals surface area contributed by atoms with Crippen LogP contribution in [0.3, 0.4) is 0 Å². The summed E-state index contributed by atoms with van der Waals surface area (Å²) in [5.41, 5.74) is 1.88. The lowest BCUT2D eigenvalue weighted by atomic mass is 10.0. The highest BCUT2D eigenvalue weighted by atomic mass is 32.3. The molecule has 0 spiro atoms. The summed E-state index contributed by atoms with van der Waals surface area (Å²) in [5.74, 6) is 2.37. The maximum Gasteiger partial charge on any atom is 0.488 e. The molecule has 21 heavy (non-hydrogen) atoms. The van der Waals surface area contributed by atoms with Crippen LogP contribution >= 0.6 is 0 Å². The molecule has 1 aliphatic heterocycles. The van der Waals surface area contributed by atoms with Gasteiger partial charge in [-0.3, -0.25) is 4.90 Å². The molecule has 1 aliphatic rings. The number of piperazine rings is 1. The standard InChI is InChI=1S/C14H17FN2O3S/c1-3-12-8-13(10-17-6-4-16-5-7-17)11(2)14(9-12)20-21(15,18)19/h1,8-9,16H,4-7,10H2,2H3. The molecule has 7 heteroatoms. The molecular weight excluding hydrogens is 295 g/mol. The summed E-state index contributed by atoms with van der Waals surface area (Å²) in [5, 5.41) is 3.25. The second-order valence-corrected chi connectivity index (χ2v) is 5.86. The van der Waals surface area contributed by atoms with Gasteiger partial charge in [0.15, 0.2) is 0 Å². The summed E-state index contributed by atoms with van der Waals surface area (Å²) in [7, 11) is -5.07. The van der Waals surface area contributed by atoms with E-state index in [4.69, 9.17) is 6.42 Å². The Morgan fingerprint density at radius 2 is 2.10 bits per heavy atom. The van der Waals surface area contributed by atoms with Crippen molar-refractivity contribution in [3.8, 4) is 18.1 Å². The van der Waals surface area contributed by atoms with Crippen LogP contribution in [0.4, 0.5) is 3.89 Å². The maximum atomic E-state index is 12.8. The van der Waals surface area contributed by atoms with Gasteiger partial charge in [-0.2, -0.15) is 8.42 Å². The van der Waals surface area contributed by atoms with Gasteiger partial charge in [-0.05, 0) is 30.2 Å². The molecule has 5 nitrogen and oxygen atoms in total. The number of benzene rings is 1. The predicted octanol–water partition coefficient (Wildman–Crippen LogP) is 0.975. The van der Waals surface area contributed by atoms with E-state index in [2.05, 4.69) is 20.3 Å². The van der Waals surface area contributed by atoms with Crippen LogP contribution in [0.25, 0.3) is 0 Å². The lowest BCUT2D eigenvalue weighted by Crippen LogP contribution is -2.43.